The Morgan fingerprint density at radius 1 is 1.00 bits per heavy atom. The van der Waals surface area contributed by atoms with E-state index in [2.05, 4.69) is 29.6 Å². The number of carbonyl (C=O) groups excluding carboxylic acids is 2. The molecule has 2 aromatic rings. The number of nitrogens with one attached hydrogen (secondary N) is 1. The smallest absolute Gasteiger partial charge is 0.407 e. The summed E-state index contributed by atoms with van der Waals surface area (Å²) in [5.74, 6) is -0.515. The molecule has 0 bridgehead atoms. The lowest BCUT2D eigenvalue weighted by molar-refractivity contribution is -0.145. The molecule has 4 rings (SSSR count). The molecular weight excluding hydrogens is 420 g/mol. The molecule has 0 heterocycles. The molecule has 0 atom stereocenters. The second-order valence-corrected chi connectivity index (χ2v) is 8.92. The van der Waals surface area contributed by atoms with Crippen molar-refractivity contribution in [3.8, 4) is 11.1 Å². The van der Waals surface area contributed by atoms with E-state index in [0.29, 0.717) is 25.4 Å². The Kier molecular flexibility index (Phi) is 6.96. The van der Waals surface area contributed by atoms with Crippen molar-refractivity contribution in [2.75, 3.05) is 26.2 Å². The average Bonchev–Trinajstić information content (AvgIpc) is 3.11. The van der Waals surface area contributed by atoms with Gasteiger partial charge in [-0.2, -0.15) is 0 Å². The molecule has 2 aliphatic rings. The van der Waals surface area contributed by atoms with Crippen LogP contribution in [-0.4, -0.2) is 54.2 Å². The van der Waals surface area contributed by atoms with Crippen LogP contribution in [0.3, 0.4) is 0 Å². The van der Waals surface area contributed by atoms with E-state index in [1.165, 1.54) is 27.2 Å². The van der Waals surface area contributed by atoms with Crippen LogP contribution in [0, 0.1) is 11.8 Å². The Bertz CT molecular complexity index is 985. The molecule has 0 radical (unpaired) electrons. The Morgan fingerprint density at radius 2 is 1.61 bits per heavy atom. The Balaban J connectivity index is 1.20. The third-order valence-electron chi connectivity index (χ3n) is 6.74. The number of carbonyl (C=O) groups is 3. The number of likely N-dealkylation sites (N-methyl/N-ethyl adjacent to an activating group) is 1. The largest absolute Gasteiger partial charge is 0.480 e. The maximum atomic E-state index is 12.3. The number of fused-ring (bicyclic) bond motifs is 3. The van der Waals surface area contributed by atoms with Gasteiger partial charge in [0, 0.05) is 25.4 Å². The van der Waals surface area contributed by atoms with Crippen LogP contribution in [0.25, 0.3) is 11.1 Å². The van der Waals surface area contributed by atoms with E-state index in [0.717, 1.165) is 12.8 Å². The fourth-order valence-corrected chi connectivity index (χ4v) is 5.00. The van der Waals surface area contributed by atoms with Gasteiger partial charge in [0.25, 0.3) is 0 Å². The number of hydrogen-bond acceptors (Lipinski definition) is 4. The first-order valence-electron chi connectivity index (χ1n) is 11.5. The van der Waals surface area contributed by atoms with Gasteiger partial charge in [0.05, 0.1) is 0 Å². The minimum Gasteiger partial charge on any atom is -0.480 e. The summed E-state index contributed by atoms with van der Waals surface area (Å²) < 4.78 is 5.57. The summed E-state index contributed by atoms with van der Waals surface area (Å²) in [6.07, 6.45) is 1.64. The van der Waals surface area contributed by atoms with Crippen LogP contribution in [0.4, 0.5) is 4.79 Å². The number of alkyl carbamates (subject to hydrolysis) is 1. The van der Waals surface area contributed by atoms with E-state index in [-0.39, 0.29) is 30.9 Å². The van der Waals surface area contributed by atoms with Crippen LogP contribution in [0.2, 0.25) is 0 Å². The van der Waals surface area contributed by atoms with Gasteiger partial charge in [0.15, 0.2) is 0 Å². The van der Waals surface area contributed by atoms with Crippen molar-refractivity contribution in [3.05, 3.63) is 59.7 Å². The first-order valence-corrected chi connectivity index (χ1v) is 11.5. The maximum absolute atomic E-state index is 12.3. The summed E-state index contributed by atoms with van der Waals surface area (Å²) in [7, 11) is 0. The molecule has 174 valence electrons. The minimum absolute atomic E-state index is 0.0366. The standard InChI is InChI=1S/C26H30N2O5/c1-2-28(15-25(30)31)24(29)13-17-11-18(12-17)14-27-26(32)33-16-23-21-9-5-3-7-19(21)20-8-4-6-10-22(20)23/h3-10,17-18,23H,2,11-16H2,1H3,(H,27,32)(H,30,31). The van der Waals surface area contributed by atoms with Crippen LogP contribution >= 0.6 is 0 Å². The normalized spacial score (nSPS) is 18.6. The highest BCUT2D eigenvalue weighted by Crippen LogP contribution is 2.44. The summed E-state index contributed by atoms with van der Waals surface area (Å²) >= 11 is 0. The predicted molar refractivity (Wildman–Crippen MR) is 124 cm³/mol. The van der Waals surface area contributed by atoms with E-state index in [1.807, 2.05) is 24.3 Å². The topological polar surface area (TPSA) is 95.9 Å². The van der Waals surface area contributed by atoms with Crippen LogP contribution in [0.15, 0.2) is 48.5 Å². The molecule has 0 saturated heterocycles. The fourth-order valence-electron chi connectivity index (χ4n) is 5.00. The van der Waals surface area contributed by atoms with Gasteiger partial charge in [0.1, 0.15) is 13.2 Å². The Morgan fingerprint density at radius 3 is 2.18 bits per heavy atom. The summed E-state index contributed by atoms with van der Waals surface area (Å²) in [6.45, 7) is 2.73. The molecule has 7 heteroatoms. The van der Waals surface area contributed by atoms with Crippen molar-refractivity contribution >= 4 is 18.0 Å². The molecular formula is C26H30N2O5. The SMILES string of the molecule is CCN(CC(=O)O)C(=O)CC1CC(CNC(=O)OCC2c3ccccc3-c3ccccc32)C1. The lowest BCUT2D eigenvalue weighted by atomic mass is 9.73. The number of carboxylic acid groups (broad SMARTS) is 1. The molecule has 1 fully saturated rings. The molecule has 0 aliphatic heterocycles. The Labute approximate surface area is 193 Å². The number of rotatable bonds is 9. The number of amides is 2. The number of benzene rings is 2. The van der Waals surface area contributed by atoms with Gasteiger partial charge < -0.3 is 20.1 Å². The molecule has 2 aromatic carbocycles. The van der Waals surface area contributed by atoms with Crippen LogP contribution in [0.1, 0.15) is 43.2 Å². The second kappa shape index (κ2) is 10.1. The second-order valence-electron chi connectivity index (χ2n) is 8.92. The molecule has 2 N–H and O–H groups in total. The van der Waals surface area contributed by atoms with Crippen LogP contribution < -0.4 is 5.32 Å². The van der Waals surface area contributed by atoms with Gasteiger partial charge in [-0.25, -0.2) is 4.79 Å². The third kappa shape index (κ3) is 5.18. The summed E-state index contributed by atoms with van der Waals surface area (Å²) in [5, 5.41) is 11.8. The zero-order valence-corrected chi connectivity index (χ0v) is 18.8. The fraction of sp³-hybridized carbons (Fsp3) is 0.423. The molecule has 0 aromatic heterocycles. The quantitative estimate of drug-likeness (QED) is 0.605. The number of nitrogens with zero attached hydrogens (tertiary/aromatic N) is 1. The summed E-state index contributed by atoms with van der Waals surface area (Å²) in [4.78, 5) is 36.8. The number of carboxylic acids is 1. The van der Waals surface area contributed by atoms with Crippen molar-refractivity contribution in [2.45, 2.75) is 32.1 Å². The Hall–Kier alpha value is -3.35. The highest BCUT2D eigenvalue weighted by Gasteiger charge is 2.33. The molecule has 0 spiro atoms. The minimum atomic E-state index is -0.996. The third-order valence-corrected chi connectivity index (χ3v) is 6.74. The molecule has 2 amide bonds. The predicted octanol–water partition coefficient (Wildman–Crippen LogP) is 3.87. The summed E-state index contributed by atoms with van der Waals surface area (Å²) in [5.41, 5.74) is 4.76. The molecule has 1 saturated carbocycles. The number of hydrogen-bond donors (Lipinski definition) is 2. The van der Waals surface area contributed by atoms with Gasteiger partial charge in [-0.1, -0.05) is 48.5 Å². The first-order chi connectivity index (χ1) is 16.0. The van der Waals surface area contributed by atoms with Crippen molar-refractivity contribution in [2.24, 2.45) is 11.8 Å². The maximum Gasteiger partial charge on any atom is 0.407 e. The lowest BCUT2D eigenvalue weighted by Crippen LogP contribution is -2.40. The lowest BCUT2D eigenvalue weighted by Gasteiger charge is -2.36. The van der Waals surface area contributed by atoms with Crippen LogP contribution in [0.5, 0.6) is 0 Å². The van der Waals surface area contributed by atoms with Gasteiger partial charge in [-0.05, 0) is 53.9 Å². The van der Waals surface area contributed by atoms with E-state index >= 15 is 0 Å². The zero-order chi connectivity index (χ0) is 23.4. The molecule has 7 nitrogen and oxygen atoms in total. The first kappa shape index (κ1) is 22.8. The van der Waals surface area contributed by atoms with Crippen molar-refractivity contribution < 1.29 is 24.2 Å². The zero-order valence-electron chi connectivity index (χ0n) is 18.8. The summed E-state index contributed by atoms with van der Waals surface area (Å²) in [6, 6.07) is 16.5. The van der Waals surface area contributed by atoms with Gasteiger partial charge in [0.2, 0.25) is 5.91 Å². The average molecular weight is 451 g/mol. The molecule has 33 heavy (non-hydrogen) atoms. The highest BCUT2D eigenvalue weighted by molar-refractivity contribution is 5.81. The molecule has 0 unspecified atom stereocenters. The monoisotopic (exact) mass is 450 g/mol. The van der Waals surface area contributed by atoms with E-state index in [4.69, 9.17) is 9.84 Å². The van der Waals surface area contributed by atoms with Crippen molar-refractivity contribution in [1.82, 2.24) is 10.2 Å². The van der Waals surface area contributed by atoms with E-state index < -0.39 is 12.1 Å². The highest BCUT2D eigenvalue weighted by atomic mass is 16.5. The molecule has 2 aliphatic carbocycles. The van der Waals surface area contributed by atoms with Gasteiger partial charge in [-0.15, -0.1) is 0 Å². The van der Waals surface area contributed by atoms with Crippen LogP contribution in [-0.2, 0) is 14.3 Å². The van der Waals surface area contributed by atoms with Gasteiger partial charge >= 0.3 is 12.1 Å². The number of ether oxygens (including phenoxy) is 1. The van der Waals surface area contributed by atoms with Crippen molar-refractivity contribution in [1.29, 1.82) is 0 Å². The van der Waals surface area contributed by atoms with Crippen molar-refractivity contribution in [3.63, 3.8) is 0 Å². The van der Waals surface area contributed by atoms with E-state index in [1.54, 1.807) is 6.92 Å². The van der Waals surface area contributed by atoms with Gasteiger partial charge in [-0.3, -0.25) is 9.59 Å². The van der Waals surface area contributed by atoms with E-state index in [9.17, 15) is 14.4 Å². The number of aliphatic carboxylic acids is 1.